The van der Waals surface area contributed by atoms with Gasteiger partial charge in [0.25, 0.3) is 28.5 Å². The van der Waals surface area contributed by atoms with Gasteiger partial charge in [0, 0.05) is 103 Å². The predicted molar refractivity (Wildman–Crippen MR) is 573 cm³/mol. The van der Waals surface area contributed by atoms with Crippen molar-refractivity contribution in [3.63, 3.8) is 0 Å². The highest BCUT2D eigenvalue weighted by Crippen LogP contribution is 2.42. The van der Waals surface area contributed by atoms with Crippen LogP contribution in [0.4, 0.5) is 0 Å². The van der Waals surface area contributed by atoms with Gasteiger partial charge in [-0.3, -0.25) is 24.0 Å². The third-order valence-corrected chi connectivity index (χ3v) is 23.9. The molecule has 0 saturated heterocycles. The lowest BCUT2D eigenvalue weighted by molar-refractivity contribution is -0.141. The lowest BCUT2D eigenvalue weighted by Crippen LogP contribution is -2.14. The van der Waals surface area contributed by atoms with Crippen molar-refractivity contribution in [1.29, 1.82) is 0 Å². The minimum Gasteiger partial charge on any atom is -0.471 e. The molecular formula is C120H120N10O14. The summed E-state index contributed by atoms with van der Waals surface area (Å²) in [5, 5.41) is 4.94. The van der Waals surface area contributed by atoms with Crippen molar-refractivity contribution < 1.29 is 66.6 Å². The molecule has 0 aliphatic rings. The second-order valence-corrected chi connectivity index (χ2v) is 33.1. The van der Waals surface area contributed by atoms with Crippen molar-refractivity contribution in [3.05, 3.63) is 386 Å². The summed E-state index contributed by atoms with van der Waals surface area (Å²) in [5.41, 5.74) is 19.2. The van der Waals surface area contributed by atoms with Gasteiger partial charge in [0.15, 0.2) is 0 Å². The van der Waals surface area contributed by atoms with E-state index in [9.17, 15) is 24.0 Å². The number of unbranched alkanes of at least 4 members (excludes halogenated alkanes) is 2. The first kappa shape index (κ1) is 108. The maximum Gasteiger partial charge on any atom is 0.336 e. The van der Waals surface area contributed by atoms with Crippen LogP contribution in [-0.4, -0.2) is 139 Å². The monoisotopic (exact) mass is 1920 g/mol. The highest BCUT2D eigenvalue weighted by molar-refractivity contribution is 6.09. The van der Waals surface area contributed by atoms with Crippen LogP contribution in [0.1, 0.15) is 101 Å². The Morgan fingerprint density at radius 1 is 0.278 bits per heavy atom. The third-order valence-electron chi connectivity index (χ3n) is 23.9. The first-order valence-electron chi connectivity index (χ1n) is 48.0. The molecule has 144 heavy (non-hydrogen) atoms. The van der Waals surface area contributed by atoms with E-state index in [1.165, 1.54) is 0 Å². The third kappa shape index (κ3) is 27.7. The zero-order valence-electron chi connectivity index (χ0n) is 83.4. The minimum atomic E-state index is -0.670. The molecule has 15 rings (SSSR count). The molecule has 0 bridgehead atoms. The number of nitrogens with zero attached hydrogens (tertiary/aromatic N) is 10. The number of methoxy groups -OCH3 is 1. The number of carbonyl (C=O) groups excluding carboxylic acids is 5. The van der Waals surface area contributed by atoms with E-state index < -0.39 is 29.8 Å². The van der Waals surface area contributed by atoms with Crippen LogP contribution in [0.5, 0.6) is 0 Å². The second kappa shape index (κ2) is 55.9. The van der Waals surface area contributed by atoms with Crippen LogP contribution < -0.4 is 0 Å². The fourth-order valence-corrected chi connectivity index (χ4v) is 16.8. The van der Waals surface area contributed by atoms with Gasteiger partial charge in [-0.2, -0.15) is 0 Å². The Kier molecular flexibility index (Phi) is 41.8. The van der Waals surface area contributed by atoms with Gasteiger partial charge in [-0.1, -0.05) is 289 Å². The number of aryl methyl sites for hydroxylation is 5. The number of aromatic nitrogens is 5. The van der Waals surface area contributed by atoms with Crippen LogP contribution in [-0.2, 0) is 102 Å². The molecule has 0 amide bonds. The lowest BCUT2D eigenvalue weighted by Gasteiger charge is -2.14. The smallest absolute Gasteiger partial charge is 0.336 e. The topological polar surface area (TPSA) is 215 Å². The Bertz CT molecular complexity index is 7310. The van der Waals surface area contributed by atoms with Gasteiger partial charge in [-0.25, -0.2) is 24.2 Å². The number of hydrogen-bond acceptors (Lipinski definition) is 14. The molecule has 0 aliphatic heterocycles. The molecule has 0 saturated carbocycles. The largest absolute Gasteiger partial charge is 0.471 e. The maximum atomic E-state index is 12.8. The van der Waals surface area contributed by atoms with Gasteiger partial charge in [-0.15, -0.1) is 0 Å². The van der Waals surface area contributed by atoms with Crippen molar-refractivity contribution in [1.82, 2.24) is 22.8 Å². The van der Waals surface area contributed by atoms with Crippen molar-refractivity contribution in [3.8, 4) is 56.3 Å². The number of benzene rings is 10. The van der Waals surface area contributed by atoms with Gasteiger partial charge in [0.2, 0.25) is 0 Å². The summed E-state index contributed by atoms with van der Waals surface area (Å²) in [4.78, 5) is 79.3. The number of rotatable bonds is 38. The van der Waals surface area contributed by atoms with E-state index in [1.54, 1.807) is 44.4 Å². The number of para-hydroxylation sites is 5. The molecule has 10 aromatic carbocycles. The van der Waals surface area contributed by atoms with Crippen LogP contribution in [0, 0.1) is 38.8 Å². The maximum absolute atomic E-state index is 12.8. The predicted octanol–water partition coefficient (Wildman–Crippen LogP) is 26.0. The number of hydrogen-bond donors (Lipinski definition) is 0. The Morgan fingerprint density at radius 2 is 0.514 bits per heavy atom. The zero-order valence-corrected chi connectivity index (χ0v) is 83.4. The Morgan fingerprint density at radius 3 is 0.764 bits per heavy atom. The Hall–Kier alpha value is -16.8. The summed E-state index contributed by atoms with van der Waals surface area (Å²) in [7, 11) is 11.6. The van der Waals surface area contributed by atoms with Crippen LogP contribution >= 0.6 is 0 Å². The fraction of sp³-hybridized carbons (Fsp3) is 0.250. The molecule has 24 heteroatoms. The van der Waals surface area contributed by atoms with Crippen LogP contribution in [0.3, 0.4) is 0 Å². The highest BCUT2D eigenvalue weighted by Gasteiger charge is 2.27. The van der Waals surface area contributed by atoms with Crippen molar-refractivity contribution >= 4 is 115 Å². The normalized spacial score (nSPS) is 11.6. The van der Waals surface area contributed by atoms with Gasteiger partial charge in [-0.05, 0) is 149 Å². The van der Waals surface area contributed by atoms with Gasteiger partial charge >= 0.3 is 29.8 Å². The summed E-state index contributed by atoms with van der Waals surface area (Å²) >= 11 is 0. The van der Waals surface area contributed by atoms with Crippen LogP contribution in [0.25, 0.3) is 165 Å². The van der Waals surface area contributed by atoms with Gasteiger partial charge < -0.3 is 65.5 Å². The summed E-state index contributed by atoms with van der Waals surface area (Å²) in [6, 6.07) is 89.7. The van der Waals surface area contributed by atoms with Crippen LogP contribution in [0.2, 0.25) is 0 Å². The molecule has 1 atom stereocenters. The molecule has 0 radical (unpaired) electrons. The number of ether oxygens (including phenoxy) is 9. The highest BCUT2D eigenvalue weighted by atomic mass is 16.6. The second-order valence-electron chi connectivity index (χ2n) is 33.1. The fourth-order valence-electron chi connectivity index (χ4n) is 16.8. The summed E-state index contributed by atoms with van der Waals surface area (Å²) < 4.78 is 57.5. The molecule has 24 nitrogen and oxygen atoms in total. The quantitative estimate of drug-likeness (QED) is 0.0116. The minimum absolute atomic E-state index is 0.000336. The molecule has 0 spiro atoms. The first-order valence-corrected chi connectivity index (χ1v) is 48.0. The summed E-state index contributed by atoms with van der Waals surface area (Å²) in [6.07, 6.45) is 14.2. The lowest BCUT2D eigenvalue weighted by atomic mass is 10.0. The molecule has 5 aromatic heterocycles. The molecule has 0 fully saturated rings. The SMILES string of the molecule is [C-]#[N+]/C(=C\c1c(-c2ccccc2)n(C)c2ccccc12)C(=O)OCC.[C-]#[N+]/C(=C\c1c(-c2ccccc2)n(C)c2ccccc12)C(=O)OCC(CC)CCCC.[C-]#[N+]/C(=C\c1c(-c2ccccc2)n(C)c2ccccc12)C(=O)OCCCC.[C-]#[N+]/C(=C\c1c(-c2ccccc2)n(C)c2ccccc12)C(=O)OCCOCC.[C-]#[N+]/C(=C\c1c(-c2ccccc2)n(C)c2ccccc12)C(=O)OCCOCCOCCOC. The molecule has 734 valence electrons. The molecule has 5 heterocycles. The van der Waals surface area contributed by atoms with Gasteiger partial charge in [0.05, 0.1) is 121 Å². The standard InChI is InChI=1S/C27H30N2O2.C26H28N2O5.C23H22N2O3.C23H22N2O2.C21H18N2O2/c1-5-7-13-20(6-2)19-31-27(30)24(28-3)18-23-22-16-11-12-17-25(22)29(4)26(23)21-14-9-8-10-15-21;1-27-23(26(29)33-18-17-32-16-15-31-14-13-30-3)19-22-21-11-7-8-12-24(21)28(2)25(22)20-9-5-4-6-10-20;1-4-27-14-15-28-23(26)20(24-2)16-19-18-12-8-9-13-21(18)25(3)22(19)17-10-6-5-7-11-17;1-4-5-15-27-23(26)20(24-2)16-19-18-13-9-10-14-21(18)25(3)22(19)17-11-7-6-8-12-17;1-4-25-21(24)18(22-2)14-17-16-12-8-9-13-19(16)23(3)20(17)15-10-6-5-7-11-15/h8-12,14-18,20H,5-7,13,19H2,1-2,4H3;4-12,19H,13-18H2,2-3H3;5-13,16H,4,14-15H2,1,3H3;6-14,16H,4-5,15H2,1,3H3;5-14H,4H2,1,3H3/b24-18-;23-19-;2*20-16-;18-14-. The van der Waals surface area contributed by atoms with Gasteiger partial charge in [0.1, 0.15) is 13.2 Å². The van der Waals surface area contributed by atoms with E-state index in [-0.39, 0.29) is 54.9 Å². The van der Waals surface area contributed by atoms with E-state index >= 15 is 0 Å². The van der Waals surface area contributed by atoms with Crippen molar-refractivity contribution in [2.45, 2.75) is 73.1 Å². The van der Waals surface area contributed by atoms with E-state index in [4.69, 9.17) is 75.5 Å². The Labute approximate surface area is 842 Å². The number of carbonyl (C=O) groups is 5. The number of esters is 5. The average molecular weight is 1930 g/mol. The molecule has 15 aromatic rings. The number of fused-ring (bicyclic) bond motifs is 5. The molecule has 0 aliphatic carbocycles. The summed E-state index contributed by atoms with van der Waals surface area (Å²) in [5.74, 6) is -2.67. The average Bonchev–Trinajstić information content (AvgIpc) is 1.64. The first-order chi connectivity index (χ1) is 70.3. The van der Waals surface area contributed by atoms with Crippen molar-refractivity contribution in [2.75, 3.05) is 86.4 Å². The molecular weight excluding hydrogens is 1810 g/mol. The zero-order chi connectivity index (χ0) is 103. The summed E-state index contributed by atoms with van der Waals surface area (Å²) in [6.45, 7) is 51.5. The van der Waals surface area contributed by atoms with Crippen LogP contribution in [0.15, 0.2) is 301 Å². The van der Waals surface area contributed by atoms with Crippen molar-refractivity contribution in [2.24, 2.45) is 41.2 Å². The van der Waals surface area contributed by atoms with E-state index in [2.05, 4.69) is 67.0 Å². The molecule has 0 N–H and O–H groups in total. The van der Waals surface area contributed by atoms with E-state index in [1.807, 2.05) is 316 Å². The van der Waals surface area contributed by atoms with E-state index in [0.29, 0.717) is 58.8 Å². The Balaban J connectivity index is 0.000000172. The van der Waals surface area contributed by atoms with E-state index in [0.717, 1.165) is 177 Å². The molecule has 1 unspecified atom stereocenters.